The molecular formula is C20H33N. The van der Waals surface area contributed by atoms with Gasteiger partial charge >= 0.3 is 0 Å². The fraction of sp³-hybridized carbons (Fsp3) is 0.600. The van der Waals surface area contributed by atoms with E-state index in [-0.39, 0.29) is 10.8 Å². The molecule has 0 atom stereocenters. The minimum absolute atomic E-state index is 0.0968. The largest absolute Gasteiger partial charge is 0.388 e. The molecular weight excluding hydrogens is 254 g/mol. The van der Waals surface area contributed by atoms with Gasteiger partial charge in [-0.3, -0.25) is 0 Å². The molecule has 1 aliphatic rings. The zero-order valence-corrected chi connectivity index (χ0v) is 14.9. The third-order valence-corrected chi connectivity index (χ3v) is 5.00. The molecule has 0 amide bonds. The third kappa shape index (κ3) is 3.70. The van der Waals surface area contributed by atoms with E-state index in [1.807, 2.05) is 7.05 Å². The minimum atomic E-state index is 0.0968. The van der Waals surface area contributed by atoms with E-state index in [0.717, 1.165) is 5.70 Å². The standard InChI is InChI=1S/C20H33N/c1-9-18(19(5,6)7)14-15(2)20(12-10-11-13-20)16(3)17(4)21-8/h9,14,21H,3-4,10-13H2,1-2,5-8H3/b15-14+,18-9+. The highest BCUT2D eigenvalue weighted by Gasteiger charge is 2.39. The van der Waals surface area contributed by atoms with Gasteiger partial charge < -0.3 is 5.32 Å². The molecule has 0 unspecified atom stereocenters. The summed E-state index contributed by atoms with van der Waals surface area (Å²) in [4.78, 5) is 0. The van der Waals surface area contributed by atoms with Crippen LogP contribution in [0, 0.1) is 10.8 Å². The number of nitrogens with one attached hydrogen (secondary N) is 1. The van der Waals surface area contributed by atoms with Crippen LogP contribution in [0.1, 0.15) is 60.3 Å². The first kappa shape index (κ1) is 17.8. The van der Waals surface area contributed by atoms with Crippen LogP contribution in [0.4, 0.5) is 0 Å². The van der Waals surface area contributed by atoms with Crippen LogP contribution in [-0.4, -0.2) is 7.05 Å². The van der Waals surface area contributed by atoms with Crippen LogP contribution in [0.25, 0.3) is 0 Å². The molecule has 0 aromatic rings. The molecule has 0 aromatic carbocycles. The van der Waals surface area contributed by atoms with E-state index in [4.69, 9.17) is 0 Å². The summed E-state index contributed by atoms with van der Waals surface area (Å²) in [5.41, 5.74) is 5.25. The van der Waals surface area contributed by atoms with Crippen molar-refractivity contribution >= 4 is 0 Å². The summed E-state index contributed by atoms with van der Waals surface area (Å²) < 4.78 is 0. The Morgan fingerprint density at radius 1 is 1.14 bits per heavy atom. The highest BCUT2D eigenvalue weighted by Crippen LogP contribution is 2.51. The second kappa shape index (κ2) is 6.68. The summed E-state index contributed by atoms with van der Waals surface area (Å²) in [6.45, 7) is 19.7. The average molecular weight is 287 g/mol. The lowest BCUT2D eigenvalue weighted by molar-refractivity contribution is 0.444. The number of hydrogen-bond acceptors (Lipinski definition) is 1. The number of rotatable bonds is 5. The minimum Gasteiger partial charge on any atom is -0.388 e. The van der Waals surface area contributed by atoms with E-state index < -0.39 is 0 Å². The van der Waals surface area contributed by atoms with Gasteiger partial charge in [0.2, 0.25) is 0 Å². The first-order valence-electron chi connectivity index (χ1n) is 8.11. The van der Waals surface area contributed by atoms with Crippen LogP contribution in [0.15, 0.2) is 47.7 Å². The van der Waals surface area contributed by atoms with Gasteiger partial charge in [0.25, 0.3) is 0 Å². The van der Waals surface area contributed by atoms with Crippen molar-refractivity contribution in [3.63, 3.8) is 0 Å². The molecule has 21 heavy (non-hydrogen) atoms. The van der Waals surface area contributed by atoms with Gasteiger partial charge in [-0.2, -0.15) is 0 Å². The lowest BCUT2D eigenvalue weighted by Gasteiger charge is -2.35. The SMILES string of the molecule is C=C(NC)C(=C)C1(/C(C)=C/C(=C\C)C(C)(C)C)CCCC1. The quantitative estimate of drug-likeness (QED) is 0.632. The Labute approximate surface area is 131 Å². The van der Waals surface area contributed by atoms with E-state index in [1.165, 1.54) is 42.4 Å². The number of hydrogen-bond donors (Lipinski definition) is 1. The molecule has 1 N–H and O–H groups in total. The van der Waals surface area contributed by atoms with Gasteiger partial charge in [-0.05, 0) is 43.3 Å². The Hall–Kier alpha value is -1.24. The maximum atomic E-state index is 4.37. The first-order chi connectivity index (χ1) is 9.69. The lowest BCUT2D eigenvalue weighted by atomic mass is 9.70. The Bertz CT molecular complexity index is 463. The molecule has 1 fully saturated rings. The fourth-order valence-electron chi connectivity index (χ4n) is 3.46. The van der Waals surface area contributed by atoms with E-state index in [0.29, 0.717) is 0 Å². The average Bonchev–Trinajstić information content (AvgIpc) is 2.92. The van der Waals surface area contributed by atoms with E-state index >= 15 is 0 Å². The van der Waals surface area contributed by atoms with Gasteiger partial charge in [0, 0.05) is 18.2 Å². The molecule has 0 aliphatic heterocycles. The monoisotopic (exact) mass is 287 g/mol. The van der Waals surface area contributed by atoms with Gasteiger partial charge in [0.1, 0.15) is 0 Å². The van der Waals surface area contributed by atoms with Crippen LogP contribution in [-0.2, 0) is 0 Å². The summed E-state index contributed by atoms with van der Waals surface area (Å²) in [6.07, 6.45) is 9.57. The summed E-state index contributed by atoms with van der Waals surface area (Å²) in [5.74, 6) is 0. The van der Waals surface area contributed by atoms with Crippen LogP contribution in [0.3, 0.4) is 0 Å². The van der Waals surface area contributed by atoms with Gasteiger partial charge in [0.05, 0.1) is 0 Å². The van der Waals surface area contributed by atoms with Gasteiger partial charge in [-0.15, -0.1) is 0 Å². The predicted octanol–water partition coefficient (Wildman–Crippen LogP) is 5.77. The van der Waals surface area contributed by atoms with Crippen molar-refractivity contribution in [2.24, 2.45) is 10.8 Å². The molecule has 1 aliphatic carbocycles. The summed E-state index contributed by atoms with van der Waals surface area (Å²) in [6, 6.07) is 0. The molecule has 1 saturated carbocycles. The topological polar surface area (TPSA) is 12.0 Å². The molecule has 0 saturated heterocycles. The molecule has 0 aromatic heterocycles. The van der Waals surface area contributed by atoms with Gasteiger partial charge in [-0.25, -0.2) is 0 Å². The molecule has 1 rings (SSSR count). The van der Waals surface area contributed by atoms with E-state index in [9.17, 15) is 0 Å². The molecule has 0 bridgehead atoms. The smallest absolute Gasteiger partial charge is 0.0300 e. The lowest BCUT2D eigenvalue weighted by Crippen LogP contribution is -2.25. The Balaban J connectivity index is 3.23. The zero-order valence-electron chi connectivity index (χ0n) is 14.9. The van der Waals surface area contributed by atoms with Crippen LogP contribution >= 0.6 is 0 Å². The van der Waals surface area contributed by atoms with Crippen molar-refractivity contribution in [1.82, 2.24) is 5.32 Å². The number of likely N-dealkylation sites (N-methyl/N-ethyl adjacent to an activating group) is 1. The van der Waals surface area contributed by atoms with Crippen molar-refractivity contribution in [1.29, 1.82) is 0 Å². The van der Waals surface area contributed by atoms with Gasteiger partial charge in [0.15, 0.2) is 0 Å². The molecule has 118 valence electrons. The molecule has 0 heterocycles. The van der Waals surface area contributed by atoms with Crippen LogP contribution in [0.2, 0.25) is 0 Å². The van der Waals surface area contributed by atoms with Crippen molar-refractivity contribution in [2.45, 2.75) is 60.3 Å². The van der Waals surface area contributed by atoms with E-state index in [1.54, 1.807) is 0 Å². The third-order valence-electron chi connectivity index (χ3n) is 5.00. The highest BCUT2D eigenvalue weighted by atomic mass is 14.8. The summed E-state index contributed by atoms with van der Waals surface area (Å²) >= 11 is 0. The van der Waals surface area contributed by atoms with Crippen molar-refractivity contribution in [2.75, 3.05) is 7.05 Å². The first-order valence-corrected chi connectivity index (χ1v) is 8.11. The normalized spacial score (nSPS) is 19.5. The Morgan fingerprint density at radius 2 is 1.67 bits per heavy atom. The summed E-state index contributed by atoms with van der Waals surface area (Å²) in [7, 11) is 1.93. The molecule has 1 nitrogen and oxygen atoms in total. The maximum absolute atomic E-state index is 4.37. The van der Waals surface area contributed by atoms with Gasteiger partial charge in [-0.1, -0.05) is 64.5 Å². The molecule has 1 heteroatoms. The molecule has 0 radical (unpaired) electrons. The maximum Gasteiger partial charge on any atom is 0.0300 e. The van der Waals surface area contributed by atoms with Crippen LogP contribution < -0.4 is 5.32 Å². The Morgan fingerprint density at radius 3 is 2.05 bits per heavy atom. The zero-order chi connectivity index (χ0) is 16.3. The second-order valence-corrected chi connectivity index (χ2v) is 7.32. The fourth-order valence-corrected chi connectivity index (χ4v) is 3.46. The highest BCUT2D eigenvalue weighted by molar-refractivity contribution is 5.42. The molecule has 0 spiro atoms. The second-order valence-electron chi connectivity index (χ2n) is 7.32. The predicted molar refractivity (Wildman–Crippen MR) is 95.2 cm³/mol. The van der Waals surface area contributed by atoms with Crippen molar-refractivity contribution in [3.8, 4) is 0 Å². The summed E-state index contributed by atoms with van der Waals surface area (Å²) in [5, 5.41) is 3.18. The van der Waals surface area contributed by atoms with E-state index in [2.05, 4.69) is 65.2 Å². The van der Waals surface area contributed by atoms with Crippen LogP contribution in [0.5, 0.6) is 0 Å². The Kier molecular flexibility index (Phi) is 5.67. The number of allylic oxidation sites excluding steroid dienone is 5. The van der Waals surface area contributed by atoms with Crippen molar-refractivity contribution in [3.05, 3.63) is 47.7 Å². The van der Waals surface area contributed by atoms with Crippen molar-refractivity contribution < 1.29 is 0 Å².